The summed E-state index contributed by atoms with van der Waals surface area (Å²) in [6, 6.07) is 8.95. The molecule has 0 aliphatic heterocycles. The minimum absolute atomic E-state index is 0.196. The first-order valence-electron chi connectivity index (χ1n) is 8.29. The third-order valence-electron chi connectivity index (χ3n) is 4.21. The quantitative estimate of drug-likeness (QED) is 0.403. The maximum atomic E-state index is 11.1. The number of hydrogen-bond donors (Lipinski definition) is 0. The van der Waals surface area contributed by atoms with Crippen LogP contribution in [0, 0.1) is 0 Å². The lowest BCUT2D eigenvalue weighted by Crippen LogP contribution is -2.09. The van der Waals surface area contributed by atoms with E-state index >= 15 is 0 Å². The van der Waals surface area contributed by atoms with Crippen molar-refractivity contribution in [3.8, 4) is 0 Å². The Morgan fingerprint density at radius 1 is 1.14 bits per heavy atom. The van der Waals surface area contributed by atoms with Gasteiger partial charge in [-0.05, 0) is 42.7 Å². The molecule has 1 saturated carbocycles. The highest BCUT2D eigenvalue weighted by Gasteiger charge is 2.14. The molecule has 0 atom stereocenters. The van der Waals surface area contributed by atoms with Crippen LogP contribution >= 0.6 is 0 Å². The second-order valence-electron chi connectivity index (χ2n) is 5.88. The van der Waals surface area contributed by atoms with Crippen molar-refractivity contribution in [1.29, 1.82) is 0 Å². The predicted octanol–water partition coefficient (Wildman–Crippen LogP) is 5.01. The van der Waals surface area contributed by atoms with Gasteiger partial charge in [-0.25, -0.2) is 4.79 Å². The number of hydrogen-bond acceptors (Lipinski definition) is 3. The number of rotatable bonds is 7. The van der Waals surface area contributed by atoms with E-state index in [-0.39, 0.29) is 6.61 Å². The summed E-state index contributed by atoms with van der Waals surface area (Å²) in [5.74, 6) is 0.755. The second-order valence-corrected chi connectivity index (χ2v) is 5.88. The van der Waals surface area contributed by atoms with Crippen molar-refractivity contribution in [1.82, 2.24) is 0 Å². The largest absolute Gasteiger partial charge is 0.508 e. The van der Waals surface area contributed by atoms with E-state index in [0.717, 1.165) is 18.8 Å². The normalized spacial score (nSPS) is 15.3. The van der Waals surface area contributed by atoms with Gasteiger partial charge in [-0.3, -0.25) is 0 Å². The van der Waals surface area contributed by atoms with Crippen LogP contribution in [0.5, 0.6) is 0 Å². The first-order chi connectivity index (χ1) is 10.8. The molecule has 120 valence electrons. The molecule has 1 aliphatic carbocycles. The first-order valence-corrected chi connectivity index (χ1v) is 8.29. The molecule has 3 nitrogen and oxygen atoms in total. The molecule has 0 spiro atoms. The number of benzene rings is 1. The minimum atomic E-state index is -0.618. The fraction of sp³-hybridized carbons (Fsp3) is 0.526. The van der Waals surface area contributed by atoms with Gasteiger partial charge in [0.1, 0.15) is 6.61 Å². The predicted molar refractivity (Wildman–Crippen MR) is 88.1 cm³/mol. The Balaban J connectivity index is 1.68. The van der Waals surface area contributed by atoms with E-state index in [2.05, 4.69) is 30.8 Å². The van der Waals surface area contributed by atoms with Gasteiger partial charge in [-0.1, -0.05) is 56.2 Å². The molecule has 0 unspecified atom stereocenters. The molecule has 1 fully saturated rings. The maximum absolute atomic E-state index is 11.1. The molecule has 22 heavy (non-hydrogen) atoms. The van der Waals surface area contributed by atoms with Gasteiger partial charge in [-0.2, -0.15) is 0 Å². The molecule has 0 N–H and O–H groups in total. The number of aryl methyl sites for hydroxylation is 1. The Hall–Kier alpha value is -1.77. The average Bonchev–Trinajstić information content (AvgIpc) is 2.58. The van der Waals surface area contributed by atoms with Crippen LogP contribution in [-0.2, 0) is 15.9 Å². The van der Waals surface area contributed by atoms with E-state index in [1.807, 2.05) is 0 Å². The molecule has 1 aromatic carbocycles. The van der Waals surface area contributed by atoms with E-state index < -0.39 is 6.16 Å². The molecule has 3 heteroatoms. The second kappa shape index (κ2) is 9.29. The van der Waals surface area contributed by atoms with Crippen LogP contribution in [0.25, 0.3) is 0 Å². The maximum Gasteiger partial charge on any atom is 0.508 e. The van der Waals surface area contributed by atoms with Gasteiger partial charge >= 0.3 is 6.16 Å². The van der Waals surface area contributed by atoms with Crippen LogP contribution in [0.4, 0.5) is 4.79 Å². The molecule has 0 bridgehead atoms. The number of ether oxygens (including phenoxy) is 2. The molecule has 0 aromatic heterocycles. The topological polar surface area (TPSA) is 35.5 Å². The summed E-state index contributed by atoms with van der Waals surface area (Å²) in [6.07, 6.45) is 9.43. The van der Waals surface area contributed by atoms with Crippen molar-refractivity contribution in [2.24, 2.45) is 0 Å². The lowest BCUT2D eigenvalue weighted by molar-refractivity contribution is 0.0625. The smallest absolute Gasteiger partial charge is 0.434 e. The highest BCUT2D eigenvalue weighted by atomic mass is 16.7. The molecule has 0 heterocycles. The molecule has 1 aromatic rings. The van der Waals surface area contributed by atoms with Gasteiger partial charge in [0.2, 0.25) is 0 Å². The van der Waals surface area contributed by atoms with Gasteiger partial charge in [0.15, 0.2) is 0 Å². The molecular weight excluding hydrogens is 276 g/mol. The van der Waals surface area contributed by atoms with Crippen LogP contribution in [0.3, 0.4) is 0 Å². The zero-order chi connectivity index (χ0) is 15.6. The fourth-order valence-electron chi connectivity index (χ4n) is 2.99. The van der Waals surface area contributed by atoms with Crippen LogP contribution in [0.2, 0.25) is 0 Å². The van der Waals surface area contributed by atoms with Crippen LogP contribution in [0.1, 0.15) is 55.6 Å². The summed E-state index contributed by atoms with van der Waals surface area (Å²) in [5.41, 5.74) is 2.77. The molecule has 0 radical (unpaired) electrons. The standard InChI is InChI=1S/C19H26O3/c1-2-14-21-19(20)22-15-6-7-16-10-12-18(13-11-16)17-8-4-3-5-9-17/h2,10-13,17H,1,3-9,14-15H2. The van der Waals surface area contributed by atoms with Crippen molar-refractivity contribution >= 4 is 6.16 Å². The summed E-state index contributed by atoms with van der Waals surface area (Å²) < 4.78 is 9.72. The van der Waals surface area contributed by atoms with Gasteiger partial charge in [0, 0.05) is 0 Å². The lowest BCUT2D eigenvalue weighted by Gasteiger charge is -2.22. The van der Waals surface area contributed by atoms with Gasteiger partial charge in [0.25, 0.3) is 0 Å². The van der Waals surface area contributed by atoms with Crippen LogP contribution in [-0.4, -0.2) is 19.4 Å². The van der Waals surface area contributed by atoms with Gasteiger partial charge in [0.05, 0.1) is 6.61 Å². The van der Waals surface area contributed by atoms with Gasteiger partial charge < -0.3 is 9.47 Å². The molecule has 1 aliphatic rings. The van der Waals surface area contributed by atoms with E-state index in [0.29, 0.717) is 6.61 Å². The van der Waals surface area contributed by atoms with E-state index in [4.69, 9.17) is 9.47 Å². The van der Waals surface area contributed by atoms with E-state index in [1.54, 1.807) is 0 Å². The number of carbonyl (C=O) groups is 1. The highest BCUT2D eigenvalue weighted by molar-refractivity contribution is 5.59. The lowest BCUT2D eigenvalue weighted by atomic mass is 9.84. The van der Waals surface area contributed by atoms with Crippen molar-refractivity contribution < 1.29 is 14.3 Å². The summed E-state index contributed by atoms with van der Waals surface area (Å²) in [6.45, 7) is 4.06. The summed E-state index contributed by atoms with van der Waals surface area (Å²) in [7, 11) is 0. The first kappa shape index (κ1) is 16.6. The Morgan fingerprint density at radius 3 is 2.55 bits per heavy atom. The summed E-state index contributed by atoms with van der Waals surface area (Å²) in [4.78, 5) is 11.1. The summed E-state index contributed by atoms with van der Waals surface area (Å²) >= 11 is 0. The zero-order valence-corrected chi connectivity index (χ0v) is 13.3. The van der Waals surface area contributed by atoms with E-state index in [9.17, 15) is 4.79 Å². The highest BCUT2D eigenvalue weighted by Crippen LogP contribution is 2.32. The van der Waals surface area contributed by atoms with Crippen molar-refractivity contribution in [2.75, 3.05) is 13.2 Å². The Kier molecular flexibility index (Phi) is 7.01. The molecule has 2 rings (SSSR count). The van der Waals surface area contributed by atoms with Gasteiger partial charge in [-0.15, -0.1) is 0 Å². The molecule has 0 saturated heterocycles. The minimum Gasteiger partial charge on any atom is -0.434 e. The van der Waals surface area contributed by atoms with Crippen LogP contribution < -0.4 is 0 Å². The average molecular weight is 302 g/mol. The molecule has 0 amide bonds. The van der Waals surface area contributed by atoms with Crippen LogP contribution in [0.15, 0.2) is 36.9 Å². The SMILES string of the molecule is C=CCOC(=O)OCCCc1ccc(C2CCCCC2)cc1. The fourth-order valence-corrected chi connectivity index (χ4v) is 2.99. The monoisotopic (exact) mass is 302 g/mol. The summed E-state index contributed by atoms with van der Waals surface area (Å²) in [5, 5.41) is 0. The Morgan fingerprint density at radius 2 is 1.86 bits per heavy atom. The van der Waals surface area contributed by atoms with Crippen molar-refractivity contribution in [2.45, 2.75) is 50.9 Å². The molecular formula is C19H26O3. The van der Waals surface area contributed by atoms with Crippen molar-refractivity contribution in [3.63, 3.8) is 0 Å². The van der Waals surface area contributed by atoms with Crippen molar-refractivity contribution in [3.05, 3.63) is 48.0 Å². The van der Waals surface area contributed by atoms with E-state index in [1.165, 1.54) is 49.3 Å². The Bertz CT molecular complexity index is 458. The third kappa shape index (κ3) is 5.55. The third-order valence-corrected chi connectivity index (χ3v) is 4.21. The number of carbonyl (C=O) groups excluding carboxylic acids is 1. The Labute approximate surface area is 133 Å². The zero-order valence-electron chi connectivity index (χ0n) is 13.3.